The number of β-amino-alcohol motifs (C(OH)–C–C–N with tert-alkyl or cyclic N) is 1. The van der Waals surface area contributed by atoms with E-state index in [1.165, 1.54) is 25.7 Å². The molecule has 1 aliphatic heterocycles. The predicted molar refractivity (Wildman–Crippen MR) is 67.7 cm³/mol. The molecule has 0 aromatic carbocycles. The molecule has 0 saturated carbocycles. The number of likely N-dealkylation sites (tertiary alicyclic amines) is 1. The topological polar surface area (TPSA) is 41.3 Å². The monoisotopic (exact) mass is 237 g/mol. The highest BCUT2D eigenvalue weighted by Crippen LogP contribution is 2.19. The molecule has 1 N–H and O–H groups in total. The van der Waals surface area contributed by atoms with Gasteiger partial charge in [0.25, 0.3) is 0 Å². The van der Waals surface area contributed by atoms with E-state index in [0.717, 1.165) is 13.1 Å². The number of aliphatic hydroxyl groups excluding tert-OH is 1. The summed E-state index contributed by atoms with van der Waals surface area (Å²) in [6, 6.07) is 2.55. The van der Waals surface area contributed by atoms with E-state index in [4.69, 9.17) is 0 Å². The second-order valence-corrected chi connectivity index (χ2v) is 4.93. The Bertz CT molecular complexity index is 312. The van der Waals surface area contributed by atoms with Crippen LogP contribution >= 0.6 is 0 Å². The van der Waals surface area contributed by atoms with Crippen LogP contribution < -0.4 is 0 Å². The van der Waals surface area contributed by atoms with E-state index in [0.29, 0.717) is 12.6 Å². The van der Waals surface area contributed by atoms with Crippen LogP contribution in [0.4, 0.5) is 0 Å². The molecule has 0 radical (unpaired) electrons. The molecular weight excluding hydrogens is 214 g/mol. The lowest BCUT2D eigenvalue weighted by Crippen LogP contribution is -2.44. The Morgan fingerprint density at radius 2 is 2.29 bits per heavy atom. The summed E-state index contributed by atoms with van der Waals surface area (Å²) >= 11 is 0. The van der Waals surface area contributed by atoms with Gasteiger partial charge in [0.05, 0.1) is 12.6 Å². The SMILES string of the molecule is CC[C@@H]1CCCCN1C[C@H](O)Cn1cccn1. The van der Waals surface area contributed by atoms with E-state index in [9.17, 15) is 5.11 Å². The second kappa shape index (κ2) is 6.17. The fourth-order valence-electron chi connectivity index (χ4n) is 2.72. The van der Waals surface area contributed by atoms with Crippen molar-refractivity contribution in [1.82, 2.24) is 14.7 Å². The molecule has 1 aromatic rings. The molecule has 2 heterocycles. The minimum absolute atomic E-state index is 0.318. The summed E-state index contributed by atoms with van der Waals surface area (Å²) in [5, 5.41) is 14.2. The lowest BCUT2D eigenvalue weighted by atomic mass is 9.99. The first kappa shape index (κ1) is 12.6. The minimum Gasteiger partial charge on any atom is -0.390 e. The normalized spacial score (nSPS) is 23.8. The van der Waals surface area contributed by atoms with Gasteiger partial charge >= 0.3 is 0 Å². The first-order valence-corrected chi connectivity index (χ1v) is 6.69. The van der Waals surface area contributed by atoms with Gasteiger partial charge in [-0.15, -0.1) is 0 Å². The maximum atomic E-state index is 10.1. The zero-order valence-electron chi connectivity index (χ0n) is 10.6. The zero-order valence-corrected chi connectivity index (χ0v) is 10.6. The van der Waals surface area contributed by atoms with Gasteiger partial charge in [0, 0.05) is 25.0 Å². The summed E-state index contributed by atoms with van der Waals surface area (Å²) in [7, 11) is 0. The maximum absolute atomic E-state index is 10.1. The fourth-order valence-corrected chi connectivity index (χ4v) is 2.72. The van der Waals surface area contributed by atoms with Crippen LogP contribution in [0.5, 0.6) is 0 Å². The fraction of sp³-hybridized carbons (Fsp3) is 0.769. The van der Waals surface area contributed by atoms with E-state index < -0.39 is 0 Å². The number of aliphatic hydroxyl groups is 1. The van der Waals surface area contributed by atoms with Crippen molar-refractivity contribution in [1.29, 1.82) is 0 Å². The third-order valence-electron chi connectivity index (χ3n) is 3.62. The molecule has 0 unspecified atom stereocenters. The molecule has 2 atom stereocenters. The van der Waals surface area contributed by atoms with E-state index in [2.05, 4.69) is 16.9 Å². The Kier molecular flexibility index (Phi) is 4.57. The van der Waals surface area contributed by atoms with Gasteiger partial charge in [-0.3, -0.25) is 9.58 Å². The smallest absolute Gasteiger partial charge is 0.0862 e. The van der Waals surface area contributed by atoms with Gasteiger partial charge in [0.1, 0.15) is 0 Å². The molecule has 0 spiro atoms. The van der Waals surface area contributed by atoms with Crippen LogP contribution in [-0.2, 0) is 6.54 Å². The van der Waals surface area contributed by atoms with Gasteiger partial charge in [0.15, 0.2) is 0 Å². The van der Waals surface area contributed by atoms with Crippen LogP contribution in [0, 0.1) is 0 Å². The highest BCUT2D eigenvalue weighted by molar-refractivity contribution is 4.81. The highest BCUT2D eigenvalue weighted by Gasteiger charge is 2.22. The summed E-state index contributed by atoms with van der Waals surface area (Å²) in [5.74, 6) is 0. The van der Waals surface area contributed by atoms with Crippen molar-refractivity contribution < 1.29 is 5.11 Å². The molecule has 2 rings (SSSR count). The van der Waals surface area contributed by atoms with E-state index >= 15 is 0 Å². The molecule has 4 heteroatoms. The predicted octanol–water partition coefficient (Wildman–Crippen LogP) is 1.51. The third-order valence-corrected chi connectivity index (χ3v) is 3.62. The minimum atomic E-state index is -0.318. The molecular formula is C13H23N3O. The molecule has 1 aliphatic rings. The van der Waals surface area contributed by atoms with Crippen molar-refractivity contribution in [2.45, 2.75) is 51.3 Å². The molecule has 0 aliphatic carbocycles. The van der Waals surface area contributed by atoms with Crippen LogP contribution in [0.1, 0.15) is 32.6 Å². The number of rotatable bonds is 5. The Morgan fingerprint density at radius 3 is 3.00 bits per heavy atom. The van der Waals surface area contributed by atoms with Gasteiger partial charge in [-0.05, 0) is 31.9 Å². The quantitative estimate of drug-likeness (QED) is 0.844. The van der Waals surface area contributed by atoms with Crippen molar-refractivity contribution >= 4 is 0 Å². The Hall–Kier alpha value is -0.870. The van der Waals surface area contributed by atoms with Crippen molar-refractivity contribution in [3.05, 3.63) is 18.5 Å². The van der Waals surface area contributed by atoms with Gasteiger partial charge in [-0.2, -0.15) is 5.10 Å². The van der Waals surface area contributed by atoms with E-state index in [-0.39, 0.29) is 6.10 Å². The van der Waals surface area contributed by atoms with Gasteiger partial charge < -0.3 is 5.11 Å². The molecule has 1 saturated heterocycles. The first-order chi connectivity index (χ1) is 8.29. The summed E-state index contributed by atoms with van der Waals surface area (Å²) < 4.78 is 1.80. The van der Waals surface area contributed by atoms with Crippen molar-refractivity contribution in [3.63, 3.8) is 0 Å². The first-order valence-electron chi connectivity index (χ1n) is 6.69. The van der Waals surface area contributed by atoms with Gasteiger partial charge in [-0.25, -0.2) is 0 Å². The van der Waals surface area contributed by atoms with E-state index in [1.54, 1.807) is 10.9 Å². The molecule has 96 valence electrons. The lowest BCUT2D eigenvalue weighted by Gasteiger charge is -2.36. The average Bonchev–Trinajstić information content (AvgIpc) is 2.82. The average molecular weight is 237 g/mol. The Morgan fingerprint density at radius 1 is 1.41 bits per heavy atom. The zero-order chi connectivity index (χ0) is 12.1. The van der Waals surface area contributed by atoms with Gasteiger partial charge in [0.2, 0.25) is 0 Å². The van der Waals surface area contributed by atoms with Gasteiger partial charge in [-0.1, -0.05) is 13.3 Å². The molecule has 17 heavy (non-hydrogen) atoms. The number of hydrogen-bond donors (Lipinski definition) is 1. The number of nitrogens with zero attached hydrogens (tertiary/aromatic N) is 3. The maximum Gasteiger partial charge on any atom is 0.0862 e. The molecule has 1 fully saturated rings. The van der Waals surface area contributed by atoms with Crippen molar-refractivity contribution in [3.8, 4) is 0 Å². The summed E-state index contributed by atoms with van der Waals surface area (Å²) in [4.78, 5) is 2.44. The van der Waals surface area contributed by atoms with Crippen molar-refractivity contribution in [2.24, 2.45) is 0 Å². The number of aromatic nitrogens is 2. The van der Waals surface area contributed by atoms with Crippen molar-refractivity contribution in [2.75, 3.05) is 13.1 Å². The lowest BCUT2D eigenvalue weighted by molar-refractivity contribution is 0.0551. The summed E-state index contributed by atoms with van der Waals surface area (Å²) in [5.41, 5.74) is 0. The molecule has 0 bridgehead atoms. The molecule has 1 aromatic heterocycles. The standard InChI is InChI=1S/C13H23N3O/c1-2-12-6-3-4-8-15(12)10-13(17)11-16-9-5-7-14-16/h5,7,9,12-13,17H,2-4,6,8,10-11H2,1H3/t12-,13+/m1/s1. The van der Waals surface area contributed by atoms with Crippen LogP contribution in [0.3, 0.4) is 0 Å². The number of hydrogen-bond acceptors (Lipinski definition) is 3. The molecule has 4 nitrogen and oxygen atoms in total. The second-order valence-electron chi connectivity index (χ2n) is 4.93. The van der Waals surface area contributed by atoms with E-state index in [1.807, 2.05) is 12.3 Å². The number of piperidine rings is 1. The Labute approximate surface area is 103 Å². The van der Waals surface area contributed by atoms with Crippen LogP contribution in [0.2, 0.25) is 0 Å². The molecule has 0 amide bonds. The summed E-state index contributed by atoms with van der Waals surface area (Å²) in [6.45, 7) is 4.75. The highest BCUT2D eigenvalue weighted by atomic mass is 16.3. The largest absolute Gasteiger partial charge is 0.390 e. The van der Waals surface area contributed by atoms with Crippen LogP contribution in [0.25, 0.3) is 0 Å². The third kappa shape index (κ3) is 3.54. The Balaban J connectivity index is 1.82. The van der Waals surface area contributed by atoms with Crippen LogP contribution in [-0.4, -0.2) is 45.0 Å². The summed E-state index contributed by atoms with van der Waals surface area (Å²) in [6.07, 6.45) is 8.41. The van der Waals surface area contributed by atoms with Crippen LogP contribution in [0.15, 0.2) is 18.5 Å².